The third-order valence-electron chi connectivity index (χ3n) is 2.93. The summed E-state index contributed by atoms with van der Waals surface area (Å²) < 4.78 is 40.5. The minimum absolute atomic E-state index is 0.0488. The Morgan fingerprint density at radius 2 is 2.00 bits per heavy atom. The molecule has 0 saturated heterocycles. The summed E-state index contributed by atoms with van der Waals surface area (Å²) in [6, 6.07) is 4.12. The van der Waals surface area contributed by atoms with Crippen LogP contribution >= 0.6 is 0 Å². The lowest BCUT2D eigenvalue weighted by atomic mass is 10.1. The molecule has 2 aromatic rings. The predicted octanol–water partition coefficient (Wildman–Crippen LogP) is 1.81. The van der Waals surface area contributed by atoms with Gasteiger partial charge in [0.2, 0.25) is 5.56 Å². The van der Waals surface area contributed by atoms with Gasteiger partial charge in [0.05, 0.1) is 11.3 Å². The number of carbonyl (C=O) groups is 1. The first-order valence-corrected chi connectivity index (χ1v) is 6.24. The summed E-state index contributed by atoms with van der Waals surface area (Å²) in [5.41, 5.74) is -0.728. The Balaban J connectivity index is 2.29. The number of aromatic nitrogens is 2. The highest BCUT2D eigenvalue weighted by Crippen LogP contribution is 2.31. The number of carbonyl (C=O) groups excluding carboxylic acids is 1. The quantitative estimate of drug-likeness (QED) is 0.940. The van der Waals surface area contributed by atoms with E-state index in [1.165, 1.54) is 43.7 Å². The van der Waals surface area contributed by atoms with Gasteiger partial charge in [-0.05, 0) is 18.2 Å². The number of hydrogen-bond donors (Lipinski definition) is 1. The van der Waals surface area contributed by atoms with Crippen LogP contribution in [0.3, 0.4) is 0 Å². The van der Waals surface area contributed by atoms with Crippen LogP contribution in [0, 0.1) is 0 Å². The van der Waals surface area contributed by atoms with E-state index in [4.69, 9.17) is 0 Å². The topological polar surface area (TPSA) is 64.0 Å². The van der Waals surface area contributed by atoms with Gasteiger partial charge in [0.15, 0.2) is 6.04 Å². The van der Waals surface area contributed by atoms with Crippen LogP contribution in [-0.2, 0) is 7.05 Å². The molecule has 0 fully saturated rings. The predicted molar refractivity (Wildman–Crippen MR) is 72.2 cm³/mol. The van der Waals surface area contributed by atoms with Gasteiger partial charge in [-0.25, -0.2) is 0 Å². The molecule has 0 aliphatic heterocycles. The Hall–Kier alpha value is -2.64. The summed E-state index contributed by atoms with van der Waals surface area (Å²) in [5, 5.41) is 1.89. The van der Waals surface area contributed by atoms with Gasteiger partial charge in [-0.15, -0.1) is 0 Å². The maximum absolute atomic E-state index is 13.1. The van der Waals surface area contributed by atoms with Crippen molar-refractivity contribution in [3.63, 3.8) is 0 Å². The molecule has 5 nitrogen and oxygen atoms in total. The van der Waals surface area contributed by atoms with Crippen LogP contribution in [0.4, 0.5) is 13.2 Å². The van der Waals surface area contributed by atoms with E-state index in [-0.39, 0.29) is 16.8 Å². The standard InChI is InChI=1S/C14H12F3N3O2/c1-20-8-9(5-6-11(20)21)13(22)19-12(14(15,16)17)10-4-2-3-7-18-10/h2-8,12H,1H3,(H,19,22). The Morgan fingerprint density at radius 3 is 2.55 bits per heavy atom. The normalized spacial score (nSPS) is 12.7. The van der Waals surface area contributed by atoms with Gasteiger partial charge in [-0.1, -0.05) is 6.07 Å². The molecule has 2 rings (SSSR count). The molecular weight excluding hydrogens is 299 g/mol. The zero-order chi connectivity index (χ0) is 16.3. The number of hydrogen-bond acceptors (Lipinski definition) is 3. The van der Waals surface area contributed by atoms with Crippen molar-refractivity contribution in [1.29, 1.82) is 0 Å². The summed E-state index contributed by atoms with van der Waals surface area (Å²) >= 11 is 0. The van der Waals surface area contributed by atoms with Crippen LogP contribution in [-0.4, -0.2) is 21.6 Å². The van der Waals surface area contributed by atoms with E-state index in [1.54, 1.807) is 0 Å². The third-order valence-corrected chi connectivity index (χ3v) is 2.93. The molecule has 0 radical (unpaired) electrons. The average Bonchev–Trinajstić information content (AvgIpc) is 2.47. The lowest BCUT2D eigenvalue weighted by Crippen LogP contribution is -2.39. The number of nitrogens with one attached hydrogen (secondary N) is 1. The second-order valence-corrected chi connectivity index (χ2v) is 4.57. The van der Waals surface area contributed by atoms with E-state index in [0.717, 1.165) is 10.6 Å². The molecule has 116 valence electrons. The number of rotatable bonds is 3. The highest BCUT2D eigenvalue weighted by Gasteiger charge is 2.42. The Bertz CT molecular complexity index is 726. The molecule has 1 unspecified atom stereocenters. The van der Waals surface area contributed by atoms with Gasteiger partial charge in [0, 0.05) is 25.5 Å². The maximum atomic E-state index is 13.1. The number of amides is 1. The van der Waals surface area contributed by atoms with Crippen LogP contribution in [0.5, 0.6) is 0 Å². The van der Waals surface area contributed by atoms with E-state index in [9.17, 15) is 22.8 Å². The Kier molecular flexibility index (Phi) is 4.30. The van der Waals surface area contributed by atoms with E-state index in [0.29, 0.717) is 0 Å². The van der Waals surface area contributed by atoms with E-state index in [2.05, 4.69) is 4.98 Å². The van der Waals surface area contributed by atoms with Crippen LogP contribution in [0.15, 0.2) is 47.5 Å². The number of pyridine rings is 2. The fourth-order valence-corrected chi connectivity index (χ4v) is 1.81. The zero-order valence-corrected chi connectivity index (χ0v) is 11.5. The zero-order valence-electron chi connectivity index (χ0n) is 11.5. The largest absolute Gasteiger partial charge is 0.414 e. The molecule has 1 atom stereocenters. The number of halogens is 3. The summed E-state index contributed by atoms with van der Waals surface area (Å²) in [5.74, 6) is -0.941. The molecule has 1 amide bonds. The molecule has 0 bridgehead atoms. The van der Waals surface area contributed by atoms with Crippen molar-refractivity contribution in [2.75, 3.05) is 0 Å². The first-order valence-electron chi connectivity index (χ1n) is 6.24. The monoisotopic (exact) mass is 311 g/mol. The fourth-order valence-electron chi connectivity index (χ4n) is 1.81. The first-order chi connectivity index (χ1) is 10.3. The van der Waals surface area contributed by atoms with E-state index in [1.807, 2.05) is 5.32 Å². The molecular formula is C14H12F3N3O2. The molecule has 0 aromatic carbocycles. The fraction of sp³-hybridized carbons (Fsp3) is 0.214. The molecule has 0 aliphatic carbocycles. The van der Waals surface area contributed by atoms with Gasteiger partial charge < -0.3 is 9.88 Å². The number of alkyl halides is 3. The molecule has 1 N–H and O–H groups in total. The van der Waals surface area contributed by atoms with Gasteiger partial charge in [-0.3, -0.25) is 14.6 Å². The second kappa shape index (κ2) is 6.00. The van der Waals surface area contributed by atoms with Gasteiger partial charge >= 0.3 is 6.18 Å². The molecule has 8 heteroatoms. The SMILES string of the molecule is Cn1cc(C(=O)NC(c2ccccn2)C(F)(F)F)ccc1=O. The van der Waals surface area contributed by atoms with Gasteiger partial charge in [-0.2, -0.15) is 13.2 Å². The minimum Gasteiger partial charge on any atom is -0.335 e. The minimum atomic E-state index is -4.69. The molecule has 0 spiro atoms. The average molecular weight is 311 g/mol. The summed E-state index contributed by atoms with van der Waals surface area (Å²) in [6.07, 6.45) is -2.30. The number of nitrogens with zero attached hydrogens (tertiary/aromatic N) is 2. The molecule has 2 aromatic heterocycles. The lowest BCUT2D eigenvalue weighted by molar-refractivity contribution is -0.156. The first kappa shape index (κ1) is 15.7. The van der Waals surface area contributed by atoms with Crippen molar-refractivity contribution in [3.8, 4) is 0 Å². The Morgan fingerprint density at radius 1 is 1.27 bits per heavy atom. The highest BCUT2D eigenvalue weighted by molar-refractivity contribution is 5.94. The van der Waals surface area contributed by atoms with Crippen LogP contribution in [0.2, 0.25) is 0 Å². The summed E-state index contributed by atoms with van der Waals surface area (Å²) in [6.45, 7) is 0. The van der Waals surface area contributed by atoms with Crippen molar-refractivity contribution < 1.29 is 18.0 Å². The van der Waals surface area contributed by atoms with Crippen molar-refractivity contribution in [2.45, 2.75) is 12.2 Å². The molecule has 0 saturated carbocycles. The van der Waals surface area contributed by atoms with Crippen molar-refractivity contribution in [3.05, 3.63) is 64.3 Å². The van der Waals surface area contributed by atoms with Crippen LogP contribution < -0.4 is 10.9 Å². The second-order valence-electron chi connectivity index (χ2n) is 4.57. The number of aryl methyl sites for hydroxylation is 1. The van der Waals surface area contributed by atoms with E-state index < -0.39 is 18.1 Å². The van der Waals surface area contributed by atoms with Gasteiger partial charge in [0.1, 0.15) is 0 Å². The highest BCUT2D eigenvalue weighted by atomic mass is 19.4. The molecule has 0 aliphatic rings. The van der Waals surface area contributed by atoms with Crippen molar-refractivity contribution in [2.24, 2.45) is 7.05 Å². The van der Waals surface area contributed by atoms with Crippen LogP contribution in [0.25, 0.3) is 0 Å². The van der Waals surface area contributed by atoms with Gasteiger partial charge in [0.25, 0.3) is 5.91 Å². The smallest absolute Gasteiger partial charge is 0.335 e. The molecule has 22 heavy (non-hydrogen) atoms. The van der Waals surface area contributed by atoms with E-state index >= 15 is 0 Å². The van der Waals surface area contributed by atoms with Crippen molar-refractivity contribution >= 4 is 5.91 Å². The summed E-state index contributed by atoms with van der Waals surface area (Å²) in [4.78, 5) is 26.9. The summed E-state index contributed by atoms with van der Waals surface area (Å²) in [7, 11) is 1.40. The van der Waals surface area contributed by atoms with Crippen molar-refractivity contribution in [1.82, 2.24) is 14.9 Å². The third kappa shape index (κ3) is 3.51. The lowest BCUT2D eigenvalue weighted by Gasteiger charge is -2.21. The molecule has 2 heterocycles. The maximum Gasteiger partial charge on any atom is 0.414 e. The van der Waals surface area contributed by atoms with Crippen LogP contribution in [0.1, 0.15) is 22.1 Å². The Labute approximate surface area is 123 Å².